The average molecular weight is 229 g/mol. The average Bonchev–Trinajstić information content (AvgIpc) is 2.68. The van der Waals surface area contributed by atoms with Crippen LogP contribution in [0.25, 0.3) is 0 Å². The summed E-state index contributed by atoms with van der Waals surface area (Å²) >= 11 is 3.73. The third kappa shape index (κ3) is 2.21. The van der Waals surface area contributed by atoms with Crippen LogP contribution in [0.2, 0.25) is 0 Å². The molecule has 0 spiro atoms. The van der Waals surface area contributed by atoms with E-state index in [0.29, 0.717) is 0 Å². The van der Waals surface area contributed by atoms with E-state index < -0.39 is 0 Å². The predicted octanol–water partition coefficient (Wildman–Crippen LogP) is 1.72. The molecule has 2 N–H and O–H groups in total. The zero-order chi connectivity index (χ0) is 9.97. The van der Waals surface area contributed by atoms with Crippen molar-refractivity contribution in [1.82, 2.24) is 4.98 Å². The van der Waals surface area contributed by atoms with Gasteiger partial charge in [0.2, 0.25) is 0 Å². The first-order chi connectivity index (χ1) is 6.77. The Labute approximate surface area is 92.7 Å². The smallest absolute Gasteiger partial charge is 0.185 e. The van der Waals surface area contributed by atoms with Gasteiger partial charge in [-0.1, -0.05) is 0 Å². The van der Waals surface area contributed by atoms with E-state index in [4.69, 9.17) is 5.73 Å². The Kier molecular flexibility index (Phi) is 3.30. The summed E-state index contributed by atoms with van der Waals surface area (Å²) in [6.07, 6.45) is 0. The molecule has 3 nitrogen and oxygen atoms in total. The lowest BCUT2D eigenvalue weighted by molar-refractivity contribution is 0.778. The molecule has 1 aliphatic rings. The Balaban J connectivity index is 2.07. The first-order valence-corrected chi connectivity index (χ1v) is 6.84. The van der Waals surface area contributed by atoms with Crippen LogP contribution in [0.4, 0.5) is 5.13 Å². The molecule has 78 valence electrons. The van der Waals surface area contributed by atoms with Crippen molar-refractivity contribution in [3.05, 3.63) is 11.1 Å². The summed E-state index contributed by atoms with van der Waals surface area (Å²) in [7, 11) is 0. The molecule has 1 aromatic rings. The van der Waals surface area contributed by atoms with Crippen molar-refractivity contribution in [2.45, 2.75) is 13.0 Å². The lowest BCUT2D eigenvalue weighted by Gasteiger charge is -2.25. The fourth-order valence-electron chi connectivity index (χ4n) is 1.39. The Morgan fingerprint density at radius 3 is 2.79 bits per heavy atom. The number of hydrogen-bond donors (Lipinski definition) is 1. The molecule has 0 saturated carbocycles. The van der Waals surface area contributed by atoms with Crippen molar-refractivity contribution >= 4 is 28.2 Å². The Bertz CT molecular complexity index is 292. The van der Waals surface area contributed by atoms with Gasteiger partial charge < -0.3 is 10.6 Å². The molecular formula is C9H15N3S2. The number of thiazole rings is 1. The molecule has 5 heteroatoms. The molecule has 1 aliphatic heterocycles. The largest absolute Gasteiger partial charge is 0.346 e. The highest BCUT2D eigenvalue weighted by molar-refractivity contribution is 7.99. The van der Waals surface area contributed by atoms with Crippen molar-refractivity contribution in [3.63, 3.8) is 0 Å². The molecule has 1 fully saturated rings. The van der Waals surface area contributed by atoms with Gasteiger partial charge in [0, 0.05) is 36.0 Å². The number of nitrogens with two attached hydrogens (primary N) is 1. The standard InChI is InChI=1S/C9H15N3S2/c1-7(10)8-6-14-9(11-8)12-2-4-13-5-3-12/h6-7H,2-5,10H2,1H3. The summed E-state index contributed by atoms with van der Waals surface area (Å²) in [5, 5.41) is 3.21. The van der Waals surface area contributed by atoms with Gasteiger partial charge in [0.05, 0.1) is 5.69 Å². The second kappa shape index (κ2) is 4.51. The highest BCUT2D eigenvalue weighted by Crippen LogP contribution is 2.25. The van der Waals surface area contributed by atoms with E-state index in [-0.39, 0.29) is 6.04 Å². The SMILES string of the molecule is CC(N)c1csc(N2CCSCC2)n1. The van der Waals surface area contributed by atoms with Gasteiger partial charge in [-0.05, 0) is 6.92 Å². The predicted molar refractivity (Wildman–Crippen MR) is 64.3 cm³/mol. The Morgan fingerprint density at radius 1 is 1.50 bits per heavy atom. The highest BCUT2D eigenvalue weighted by atomic mass is 32.2. The summed E-state index contributed by atoms with van der Waals surface area (Å²) in [4.78, 5) is 6.90. The molecule has 2 heterocycles. The molecule has 0 radical (unpaired) electrons. The zero-order valence-corrected chi connectivity index (χ0v) is 9.90. The summed E-state index contributed by atoms with van der Waals surface area (Å²) in [6, 6.07) is 0.0548. The van der Waals surface area contributed by atoms with Crippen LogP contribution in [-0.2, 0) is 0 Å². The number of hydrogen-bond acceptors (Lipinski definition) is 5. The minimum Gasteiger partial charge on any atom is -0.346 e. The lowest BCUT2D eigenvalue weighted by Crippen LogP contribution is -2.32. The van der Waals surface area contributed by atoms with Gasteiger partial charge in [0.25, 0.3) is 0 Å². The first kappa shape index (κ1) is 10.3. The highest BCUT2D eigenvalue weighted by Gasteiger charge is 2.15. The van der Waals surface area contributed by atoms with Crippen LogP contribution in [0.15, 0.2) is 5.38 Å². The maximum atomic E-state index is 5.78. The topological polar surface area (TPSA) is 42.1 Å². The molecular weight excluding hydrogens is 214 g/mol. The number of anilines is 1. The van der Waals surface area contributed by atoms with Crippen molar-refractivity contribution < 1.29 is 0 Å². The van der Waals surface area contributed by atoms with Crippen molar-refractivity contribution in [2.75, 3.05) is 29.5 Å². The summed E-state index contributed by atoms with van der Waals surface area (Å²) < 4.78 is 0. The quantitative estimate of drug-likeness (QED) is 0.838. The van der Waals surface area contributed by atoms with Gasteiger partial charge in [0.1, 0.15) is 0 Å². The molecule has 1 unspecified atom stereocenters. The van der Waals surface area contributed by atoms with E-state index in [9.17, 15) is 0 Å². The molecule has 1 atom stereocenters. The summed E-state index contributed by atoms with van der Waals surface area (Å²) in [5.41, 5.74) is 6.79. The normalized spacial score (nSPS) is 19.7. The van der Waals surface area contributed by atoms with E-state index in [2.05, 4.69) is 15.3 Å². The van der Waals surface area contributed by atoms with Crippen molar-refractivity contribution in [3.8, 4) is 0 Å². The molecule has 2 rings (SSSR count). The van der Waals surface area contributed by atoms with Crippen LogP contribution in [0, 0.1) is 0 Å². The Hall–Kier alpha value is -0.260. The van der Waals surface area contributed by atoms with Crippen LogP contribution in [-0.4, -0.2) is 29.6 Å². The molecule has 1 aromatic heterocycles. The lowest BCUT2D eigenvalue weighted by atomic mass is 10.3. The number of aromatic nitrogens is 1. The van der Waals surface area contributed by atoms with Gasteiger partial charge >= 0.3 is 0 Å². The summed E-state index contributed by atoms with van der Waals surface area (Å²) in [6.45, 7) is 4.22. The molecule has 1 saturated heterocycles. The third-order valence-corrected chi connectivity index (χ3v) is 4.12. The van der Waals surface area contributed by atoms with E-state index in [1.165, 1.54) is 11.5 Å². The Morgan fingerprint density at radius 2 is 2.21 bits per heavy atom. The van der Waals surface area contributed by atoms with Crippen LogP contribution in [0.5, 0.6) is 0 Å². The van der Waals surface area contributed by atoms with E-state index >= 15 is 0 Å². The van der Waals surface area contributed by atoms with Gasteiger partial charge in [-0.2, -0.15) is 11.8 Å². The van der Waals surface area contributed by atoms with Gasteiger partial charge in [-0.15, -0.1) is 11.3 Å². The van der Waals surface area contributed by atoms with E-state index in [1.54, 1.807) is 11.3 Å². The van der Waals surface area contributed by atoms with Gasteiger partial charge in [0.15, 0.2) is 5.13 Å². The first-order valence-electron chi connectivity index (χ1n) is 4.81. The van der Waals surface area contributed by atoms with Crippen LogP contribution >= 0.6 is 23.1 Å². The van der Waals surface area contributed by atoms with Crippen LogP contribution < -0.4 is 10.6 Å². The number of rotatable bonds is 2. The molecule has 0 aromatic carbocycles. The maximum Gasteiger partial charge on any atom is 0.185 e. The second-order valence-corrected chi connectivity index (χ2v) is 5.50. The van der Waals surface area contributed by atoms with E-state index in [1.807, 2.05) is 18.7 Å². The fraction of sp³-hybridized carbons (Fsp3) is 0.667. The minimum absolute atomic E-state index is 0.0548. The zero-order valence-electron chi connectivity index (χ0n) is 8.27. The molecule has 0 bridgehead atoms. The van der Waals surface area contributed by atoms with Crippen molar-refractivity contribution in [2.24, 2.45) is 5.73 Å². The van der Waals surface area contributed by atoms with Gasteiger partial charge in [-0.25, -0.2) is 4.98 Å². The molecule has 0 aliphatic carbocycles. The van der Waals surface area contributed by atoms with Crippen molar-refractivity contribution in [1.29, 1.82) is 0 Å². The monoisotopic (exact) mass is 229 g/mol. The number of nitrogens with zero attached hydrogens (tertiary/aromatic N) is 2. The molecule has 14 heavy (non-hydrogen) atoms. The minimum atomic E-state index is 0.0548. The fourth-order valence-corrected chi connectivity index (χ4v) is 3.27. The number of thioether (sulfide) groups is 1. The summed E-state index contributed by atoms with van der Waals surface area (Å²) in [5.74, 6) is 2.43. The van der Waals surface area contributed by atoms with E-state index in [0.717, 1.165) is 23.9 Å². The molecule has 0 amide bonds. The maximum absolute atomic E-state index is 5.78. The second-order valence-electron chi connectivity index (χ2n) is 3.44. The third-order valence-electron chi connectivity index (χ3n) is 2.26. The van der Waals surface area contributed by atoms with Gasteiger partial charge in [-0.3, -0.25) is 0 Å². The van der Waals surface area contributed by atoms with Crippen LogP contribution in [0.1, 0.15) is 18.7 Å². The van der Waals surface area contributed by atoms with Crippen LogP contribution in [0.3, 0.4) is 0 Å².